The predicted molar refractivity (Wildman–Crippen MR) is 109 cm³/mol. The van der Waals surface area contributed by atoms with Crippen molar-refractivity contribution in [2.45, 2.75) is 65.9 Å². The summed E-state index contributed by atoms with van der Waals surface area (Å²) in [5.41, 5.74) is -2.29. The zero-order chi connectivity index (χ0) is 23.0. The largest absolute Gasteiger partial charge is 0.390 e. The van der Waals surface area contributed by atoms with Crippen molar-refractivity contribution >= 4 is 27.5 Å². The molecule has 30 heavy (non-hydrogen) atoms. The average Bonchev–Trinajstić information content (AvgIpc) is 2.95. The van der Waals surface area contributed by atoms with Crippen LogP contribution in [0.25, 0.3) is 10.2 Å². The predicted octanol–water partition coefficient (Wildman–Crippen LogP) is 2.74. The lowest BCUT2D eigenvalue weighted by Gasteiger charge is -2.27. The van der Waals surface area contributed by atoms with Crippen LogP contribution in [0.3, 0.4) is 0 Å². The molecule has 0 aliphatic rings. The van der Waals surface area contributed by atoms with Crippen molar-refractivity contribution in [2.24, 2.45) is 0 Å². The van der Waals surface area contributed by atoms with E-state index < -0.39 is 41.9 Å². The second kappa shape index (κ2) is 8.54. The van der Waals surface area contributed by atoms with E-state index in [-0.39, 0.29) is 34.7 Å². The van der Waals surface area contributed by atoms with Crippen molar-refractivity contribution in [1.82, 2.24) is 14.0 Å². The number of fused-ring (bicyclic) bond motifs is 1. The first-order chi connectivity index (χ1) is 13.7. The third kappa shape index (κ3) is 4.94. The summed E-state index contributed by atoms with van der Waals surface area (Å²) >= 11 is 0.836. The van der Waals surface area contributed by atoms with Gasteiger partial charge in [-0.2, -0.15) is 13.2 Å². The minimum atomic E-state index is -4.48. The van der Waals surface area contributed by atoms with E-state index in [1.807, 2.05) is 0 Å². The van der Waals surface area contributed by atoms with Gasteiger partial charge in [0.15, 0.2) is 0 Å². The van der Waals surface area contributed by atoms with Crippen LogP contribution in [0, 0.1) is 6.92 Å². The molecule has 0 bridgehead atoms. The molecule has 1 amide bonds. The molecule has 0 saturated heterocycles. The van der Waals surface area contributed by atoms with Crippen LogP contribution in [-0.2, 0) is 13.1 Å². The Morgan fingerprint density at radius 3 is 2.23 bits per heavy atom. The number of carbonyl (C=O) groups excluding carboxylic acids is 1. The van der Waals surface area contributed by atoms with Crippen LogP contribution in [0.15, 0.2) is 9.59 Å². The molecule has 2 rings (SSSR count). The number of amides is 1. The Hall–Kier alpha value is -2.14. The van der Waals surface area contributed by atoms with Crippen LogP contribution in [-0.4, -0.2) is 49.9 Å². The van der Waals surface area contributed by atoms with Crippen molar-refractivity contribution in [2.75, 3.05) is 13.1 Å². The first kappa shape index (κ1) is 24.1. The van der Waals surface area contributed by atoms with Crippen LogP contribution >= 0.6 is 11.3 Å². The third-order valence-corrected chi connectivity index (χ3v) is 5.97. The number of rotatable bonds is 7. The minimum absolute atomic E-state index is 0.00201. The van der Waals surface area contributed by atoms with Gasteiger partial charge in [-0.25, -0.2) is 4.79 Å². The highest BCUT2D eigenvalue weighted by atomic mass is 32.1. The topological polar surface area (TPSA) is 84.5 Å². The second-order valence-electron chi connectivity index (χ2n) is 7.72. The molecule has 1 N–H and O–H groups in total. The Labute approximate surface area is 175 Å². The maximum absolute atomic E-state index is 13.1. The number of likely N-dealkylation sites (N-methyl/N-ethyl adjacent to an activating group) is 1. The summed E-state index contributed by atoms with van der Waals surface area (Å²) in [6.45, 7) is 7.61. The summed E-state index contributed by atoms with van der Waals surface area (Å²) < 4.78 is 40.2. The summed E-state index contributed by atoms with van der Waals surface area (Å²) in [5, 5.41) is 10.1. The van der Waals surface area contributed by atoms with Crippen molar-refractivity contribution in [3.05, 3.63) is 31.3 Å². The number of halogens is 3. The summed E-state index contributed by atoms with van der Waals surface area (Å²) in [5.74, 6) is -0.449. The Bertz CT molecular complexity index is 1060. The van der Waals surface area contributed by atoms with Gasteiger partial charge in [-0.3, -0.25) is 18.7 Å². The molecule has 0 radical (unpaired) electrons. The number of aromatic nitrogens is 2. The van der Waals surface area contributed by atoms with Crippen molar-refractivity contribution in [1.29, 1.82) is 0 Å². The standard InChI is InChI=1S/C19H26F3N3O4S/c1-6-23(10-18(4,5)29)15(27)13-11(3)12-14(26)24(7-2)17(28)25(16(12)30-13)9-8-19(20,21)22/h29H,6-10H2,1-5H3. The second-order valence-corrected chi connectivity index (χ2v) is 8.72. The number of aryl methyl sites for hydroxylation is 2. The van der Waals surface area contributed by atoms with Crippen LogP contribution in [0.4, 0.5) is 13.2 Å². The molecule has 0 aliphatic carbocycles. The smallest absolute Gasteiger partial charge is 0.389 e. The summed E-state index contributed by atoms with van der Waals surface area (Å²) in [6, 6.07) is 0. The average molecular weight is 449 g/mol. The minimum Gasteiger partial charge on any atom is -0.389 e. The van der Waals surface area contributed by atoms with Crippen LogP contribution in [0.2, 0.25) is 0 Å². The fourth-order valence-electron chi connectivity index (χ4n) is 3.25. The van der Waals surface area contributed by atoms with Gasteiger partial charge in [-0.1, -0.05) is 0 Å². The monoisotopic (exact) mass is 449 g/mol. The molecule has 0 atom stereocenters. The van der Waals surface area contributed by atoms with Crippen molar-refractivity contribution in [3.63, 3.8) is 0 Å². The summed E-state index contributed by atoms with van der Waals surface area (Å²) in [4.78, 5) is 40.2. The SMILES string of the molecule is CCN(CC(C)(C)O)C(=O)c1sc2c(c1C)c(=O)n(CC)c(=O)n2CCC(F)(F)F. The molecular formula is C19H26F3N3O4S. The molecule has 0 unspecified atom stereocenters. The van der Waals surface area contributed by atoms with Gasteiger partial charge in [0.25, 0.3) is 11.5 Å². The van der Waals surface area contributed by atoms with Crippen LogP contribution < -0.4 is 11.2 Å². The number of hydrogen-bond acceptors (Lipinski definition) is 5. The zero-order valence-electron chi connectivity index (χ0n) is 17.6. The maximum Gasteiger partial charge on any atom is 0.390 e. The van der Waals surface area contributed by atoms with E-state index in [9.17, 15) is 32.7 Å². The molecule has 0 saturated carbocycles. The lowest BCUT2D eigenvalue weighted by Crippen LogP contribution is -2.42. The molecule has 168 valence electrons. The first-order valence-electron chi connectivity index (χ1n) is 9.57. The van der Waals surface area contributed by atoms with E-state index in [1.54, 1.807) is 34.6 Å². The number of carbonyl (C=O) groups is 1. The molecule has 2 aromatic rings. The first-order valence-corrected chi connectivity index (χ1v) is 10.4. The molecule has 2 heterocycles. The number of thiophene rings is 1. The van der Waals surface area contributed by atoms with E-state index in [2.05, 4.69) is 0 Å². The lowest BCUT2D eigenvalue weighted by atomic mass is 10.1. The molecule has 0 aliphatic heterocycles. The Balaban J connectivity index is 2.72. The van der Waals surface area contributed by atoms with E-state index >= 15 is 0 Å². The fraction of sp³-hybridized carbons (Fsp3) is 0.632. The van der Waals surface area contributed by atoms with Gasteiger partial charge in [0.05, 0.1) is 22.3 Å². The van der Waals surface area contributed by atoms with Gasteiger partial charge in [-0.05, 0) is 40.2 Å². The van der Waals surface area contributed by atoms with E-state index in [4.69, 9.17) is 0 Å². The number of nitrogens with zero attached hydrogens (tertiary/aromatic N) is 3. The Morgan fingerprint density at radius 2 is 1.77 bits per heavy atom. The van der Waals surface area contributed by atoms with E-state index in [0.717, 1.165) is 20.5 Å². The normalized spacial score (nSPS) is 12.6. The van der Waals surface area contributed by atoms with Gasteiger partial charge in [0.2, 0.25) is 0 Å². The molecule has 0 fully saturated rings. The summed E-state index contributed by atoms with van der Waals surface area (Å²) in [7, 11) is 0. The Kier molecular flexibility index (Phi) is 6.87. The van der Waals surface area contributed by atoms with Crippen molar-refractivity contribution < 1.29 is 23.1 Å². The van der Waals surface area contributed by atoms with Gasteiger partial charge in [-0.15, -0.1) is 11.3 Å². The highest BCUT2D eigenvalue weighted by molar-refractivity contribution is 7.20. The number of aliphatic hydroxyl groups is 1. The van der Waals surface area contributed by atoms with Gasteiger partial charge >= 0.3 is 11.9 Å². The van der Waals surface area contributed by atoms with E-state index in [0.29, 0.717) is 5.56 Å². The summed E-state index contributed by atoms with van der Waals surface area (Å²) in [6.07, 6.45) is -5.71. The quantitative estimate of drug-likeness (QED) is 0.705. The van der Waals surface area contributed by atoms with Crippen LogP contribution in [0.5, 0.6) is 0 Å². The third-order valence-electron chi connectivity index (χ3n) is 4.67. The van der Waals surface area contributed by atoms with E-state index in [1.165, 1.54) is 4.90 Å². The fourth-order valence-corrected chi connectivity index (χ4v) is 4.54. The zero-order valence-corrected chi connectivity index (χ0v) is 18.4. The molecule has 11 heteroatoms. The molecule has 7 nitrogen and oxygen atoms in total. The maximum atomic E-state index is 13.1. The van der Waals surface area contributed by atoms with Gasteiger partial charge < -0.3 is 10.0 Å². The molecule has 0 aromatic carbocycles. The van der Waals surface area contributed by atoms with Gasteiger partial charge in [0, 0.05) is 26.2 Å². The number of hydrogen-bond donors (Lipinski definition) is 1. The highest BCUT2D eigenvalue weighted by Gasteiger charge is 2.30. The van der Waals surface area contributed by atoms with Gasteiger partial charge in [0.1, 0.15) is 4.83 Å². The molecule has 2 aromatic heterocycles. The Morgan fingerprint density at radius 1 is 1.17 bits per heavy atom. The highest BCUT2D eigenvalue weighted by Crippen LogP contribution is 2.30. The van der Waals surface area contributed by atoms with Crippen molar-refractivity contribution in [3.8, 4) is 0 Å². The lowest BCUT2D eigenvalue weighted by molar-refractivity contribution is -0.136. The van der Waals surface area contributed by atoms with Crippen LogP contribution in [0.1, 0.15) is 49.4 Å². The molecule has 0 spiro atoms. The number of alkyl halides is 3. The molecular weight excluding hydrogens is 423 g/mol.